The van der Waals surface area contributed by atoms with Gasteiger partial charge in [0.1, 0.15) is 5.75 Å². The van der Waals surface area contributed by atoms with E-state index in [2.05, 4.69) is 42.6 Å². The Morgan fingerprint density at radius 2 is 1.88 bits per heavy atom. The molecular weight excluding hydrogens is 506 g/mol. The Kier molecular flexibility index (Phi) is 7.51. The number of ether oxygens (including phenoxy) is 2. The highest BCUT2D eigenvalue weighted by molar-refractivity contribution is 5.96. The first-order valence-electron chi connectivity index (χ1n) is 13.9. The van der Waals surface area contributed by atoms with Gasteiger partial charge in [-0.3, -0.25) is 14.7 Å². The van der Waals surface area contributed by atoms with Gasteiger partial charge in [0.25, 0.3) is 5.91 Å². The van der Waals surface area contributed by atoms with Crippen molar-refractivity contribution in [3.05, 3.63) is 77.5 Å². The number of aliphatic hydroxyl groups excluding tert-OH is 1. The van der Waals surface area contributed by atoms with Crippen LogP contribution < -0.4 is 10.4 Å². The third-order valence-electron chi connectivity index (χ3n) is 8.09. The summed E-state index contributed by atoms with van der Waals surface area (Å²) < 4.78 is 13.1. The van der Waals surface area contributed by atoms with Gasteiger partial charge in [-0.1, -0.05) is 18.2 Å². The standard InChI is InChI=1S/C31H35N5O4/c1-39-24-18-35(19-24)17-20-7-12-28-27(15-20)33-31(36(28)22-8-10-23(37)11-9-22)34-30(38)21-13-14-32-26(16-21)25-5-3-4-6-29(25)40-2/h3-7,12-16,22-24,37H,8-11,17-19H2,1-2H3,(H,33,34,38)/t22-,23+. The summed E-state index contributed by atoms with van der Waals surface area (Å²) in [6.07, 6.45) is 4.80. The Labute approximate surface area is 233 Å². The van der Waals surface area contributed by atoms with E-state index in [1.165, 1.54) is 5.56 Å². The maximum Gasteiger partial charge on any atom is 0.280 e. The van der Waals surface area contributed by atoms with Crippen LogP contribution in [0.3, 0.4) is 0 Å². The summed E-state index contributed by atoms with van der Waals surface area (Å²) in [5.74, 6) is 0.345. The first-order valence-corrected chi connectivity index (χ1v) is 13.9. The third kappa shape index (κ3) is 5.32. The predicted molar refractivity (Wildman–Crippen MR) is 152 cm³/mol. The van der Waals surface area contributed by atoms with Gasteiger partial charge in [-0.25, -0.2) is 0 Å². The molecular formula is C31H35N5O4. The van der Waals surface area contributed by atoms with Crippen LogP contribution in [0.5, 0.6) is 5.75 Å². The molecule has 0 radical (unpaired) electrons. The SMILES string of the molecule is COc1ccccc1-c1cc(C(=O)/N=c2\[nH]c3cc(CN4CC(OC)C4)ccc3n2[C@H]2CC[C@@H](O)CC2)ccn1. The van der Waals surface area contributed by atoms with E-state index in [1.807, 2.05) is 24.3 Å². The number of methoxy groups -OCH3 is 2. The number of hydrogen-bond donors (Lipinski definition) is 2. The summed E-state index contributed by atoms with van der Waals surface area (Å²) in [4.78, 5) is 28.4. The minimum atomic E-state index is -0.346. The molecule has 2 fully saturated rings. The Morgan fingerprint density at radius 1 is 1.07 bits per heavy atom. The molecule has 6 rings (SSSR count). The lowest BCUT2D eigenvalue weighted by atomic mass is 9.93. The Morgan fingerprint density at radius 3 is 2.65 bits per heavy atom. The van der Waals surface area contributed by atoms with Crippen LogP contribution in [0.2, 0.25) is 0 Å². The van der Waals surface area contributed by atoms with Gasteiger partial charge in [0.2, 0.25) is 5.62 Å². The Bertz CT molecular complexity index is 1580. The number of H-pyrrole nitrogens is 1. The van der Waals surface area contributed by atoms with Gasteiger partial charge in [-0.15, -0.1) is 0 Å². The molecule has 9 heteroatoms. The summed E-state index contributed by atoms with van der Waals surface area (Å²) >= 11 is 0. The maximum atomic E-state index is 13.5. The first kappa shape index (κ1) is 26.4. The summed E-state index contributed by atoms with van der Waals surface area (Å²) in [6.45, 7) is 2.71. The molecule has 0 spiro atoms. The molecule has 1 aliphatic carbocycles. The number of nitrogens with zero attached hydrogens (tertiary/aromatic N) is 4. The fraction of sp³-hybridized carbons (Fsp3) is 0.387. The molecule has 1 saturated heterocycles. The highest BCUT2D eigenvalue weighted by atomic mass is 16.5. The van der Waals surface area contributed by atoms with Crippen LogP contribution in [-0.2, 0) is 11.3 Å². The molecule has 0 unspecified atom stereocenters. The number of fused-ring (bicyclic) bond motifs is 1. The van der Waals surface area contributed by atoms with E-state index < -0.39 is 0 Å². The lowest BCUT2D eigenvalue weighted by Crippen LogP contribution is -2.50. The van der Waals surface area contributed by atoms with Crippen LogP contribution in [-0.4, -0.2) is 70.0 Å². The number of para-hydroxylation sites is 1. The number of likely N-dealkylation sites (tertiary alicyclic amines) is 1. The molecule has 4 aromatic rings. The van der Waals surface area contributed by atoms with Gasteiger partial charge in [0.15, 0.2) is 0 Å². The molecule has 3 heterocycles. The Balaban J connectivity index is 1.36. The molecule has 208 valence electrons. The van der Waals surface area contributed by atoms with Gasteiger partial charge >= 0.3 is 0 Å². The van der Waals surface area contributed by atoms with Crippen LogP contribution in [0.1, 0.15) is 47.6 Å². The summed E-state index contributed by atoms with van der Waals surface area (Å²) in [5.41, 5.74) is 5.60. The molecule has 1 saturated carbocycles. The number of carbonyl (C=O) groups is 1. The monoisotopic (exact) mass is 541 g/mol. The van der Waals surface area contributed by atoms with E-state index in [9.17, 15) is 9.90 Å². The van der Waals surface area contributed by atoms with Crippen molar-refractivity contribution in [2.24, 2.45) is 4.99 Å². The average Bonchev–Trinajstić information content (AvgIpc) is 3.32. The number of pyridine rings is 1. The highest BCUT2D eigenvalue weighted by Crippen LogP contribution is 2.31. The van der Waals surface area contributed by atoms with Crippen molar-refractivity contribution < 1.29 is 19.4 Å². The van der Waals surface area contributed by atoms with Gasteiger partial charge in [0, 0.05) is 50.1 Å². The second kappa shape index (κ2) is 11.4. The second-order valence-corrected chi connectivity index (χ2v) is 10.7. The van der Waals surface area contributed by atoms with Crippen LogP contribution in [0.4, 0.5) is 0 Å². The number of aromatic amines is 1. The molecule has 1 amide bonds. The van der Waals surface area contributed by atoms with E-state index in [1.54, 1.807) is 32.5 Å². The number of nitrogens with one attached hydrogen (secondary N) is 1. The molecule has 1 aliphatic heterocycles. The molecule has 2 aromatic carbocycles. The van der Waals surface area contributed by atoms with Crippen molar-refractivity contribution in [1.82, 2.24) is 19.4 Å². The summed E-state index contributed by atoms with van der Waals surface area (Å²) in [7, 11) is 3.38. The lowest BCUT2D eigenvalue weighted by molar-refractivity contribution is -0.0333. The van der Waals surface area contributed by atoms with Crippen molar-refractivity contribution in [2.45, 2.75) is 50.5 Å². The predicted octanol–water partition coefficient (Wildman–Crippen LogP) is 4.09. The highest BCUT2D eigenvalue weighted by Gasteiger charge is 2.27. The third-order valence-corrected chi connectivity index (χ3v) is 8.09. The molecule has 40 heavy (non-hydrogen) atoms. The molecule has 0 atom stereocenters. The first-order chi connectivity index (χ1) is 19.5. The topological polar surface area (TPSA) is 105 Å². The number of rotatable bonds is 7. The Hall–Kier alpha value is -3.79. The number of aliphatic hydroxyl groups is 1. The van der Waals surface area contributed by atoms with E-state index >= 15 is 0 Å². The molecule has 2 aliphatic rings. The quantitative estimate of drug-likeness (QED) is 0.365. The maximum absolute atomic E-state index is 13.5. The summed E-state index contributed by atoms with van der Waals surface area (Å²) in [5, 5.41) is 10.1. The van der Waals surface area contributed by atoms with Crippen molar-refractivity contribution >= 4 is 16.9 Å². The van der Waals surface area contributed by atoms with Crippen molar-refractivity contribution in [3.8, 4) is 17.0 Å². The van der Waals surface area contributed by atoms with Crippen LogP contribution >= 0.6 is 0 Å². The second-order valence-electron chi connectivity index (χ2n) is 10.7. The summed E-state index contributed by atoms with van der Waals surface area (Å²) in [6, 6.07) is 17.6. The number of aromatic nitrogens is 3. The van der Waals surface area contributed by atoms with Gasteiger partial charge in [0.05, 0.1) is 36.0 Å². The zero-order valence-electron chi connectivity index (χ0n) is 22.9. The van der Waals surface area contributed by atoms with Gasteiger partial charge in [-0.2, -0.15) is 4.99 Å². The minimum Gasteiger partial charge on any atom is -0.496 e. The fourth-order valence-electron chi connectivity index (χ4n) is 5.84. The number of amides is 1. The molecule has 9 nitrogen and oxygen atoms in total. The lowest BCUT2D eigenvalue weighted by Gasteiger charge is -2.38. The van der Waals surface area contributed by atoms with Gasteiger partial charge in [-0.05, 0) is 67.6 Å². The van der Waals surface area contributed by atoms with Crippen LogP contribution in [0.15, 0.2) is 65.8 Å². The van der Waals surface area contributed by atoms with Gasteiger partial charge < -0.3 is 24.1 Å². The molecule has 0 bridgehead atoms. The largest absolute Gasteiger partial charge is 0.496 e. The average molecular weight is 542 g/mol. The smallest absolute Gasteiger partial charge is 0.280 e. The minimum absolute atomic E-state index is 0.147. The van der Waals surface area contributed by atoms with E-state index in [-0.39, 0.29) is 18.1 Å². The van der Waals surface area contributed by atoms with Crippen LogP contribution in [0.25, 0.3) is 22.3 Å². The van der Waals surface area contributed by atoms with E-state index in [0.717, 1.165) is 61.9 Å². The number of benzene rings is 2. The zero-order chi connectivity index (χ0) is 27.6. The zero-order valence-corrected chi connectivity index (χ0v) is 22.9. The molecule has 2 N–H and O–H groups in total. The van der Waals surface area contributed by atoms with E-state index in [0.29, 0.717) is 28.7 Å². The number of hydrogen-bond acceptors (Lipinski definition) is 6. The van der Waals surface area contributed by atoms with Crippen LogP contribution in [0, 0.1) is 0 Å². The van der Waals surface area contributed by atoms with E-state index in [4.69, 9.17) is 9.47 Å². The number of carbonyl (C=O) groups excluding carboxylic acids is 1. The van der Waals surface area contributed by atoms with Crippen molar-refractivity contribution in [2.75, 3.05) is 27.3 Å². The molecule has 2 aromatic heterocycles. The normalized spacial score (nSPS) is 20.5. The number of imidazole rings is 1. The van der Waals surface area contributed by atoms with Crippen molar-refractivity contribution in [3.63, 3.8) is 0 Å². The fourth-order valence-corrected chi connectivity index (χ4v) is 5.84. The van der Waals surface area contributed by atoms with Crippen molar-refractivity contribution in [1.29, 1.82) is 0 Å².